The Morgan fingerprint density at radius 3 is 2.41 bits per heavy atom. The molecule has 2 aromatic rings. The van der Waals surface area contributed by atoms with Gasteiger partial charge in [-0.05, 0) is 68.5 Å². The van der Waals surface area contributed by atoms with E-state index >= 15 is 0 Å². The number of hydrogen-bond donors (Lipinski definition) is 3. The summed E-state index contributed by atoms with van der Waals surface area (Å²) in [5.74, 6) is -2.28. The van der Waals surface area contributed by atoms with E-state index in [0.29, 0.717) is 48.0 Å². The molecule has 3 aliphatic rings. The van der Waals surface area contributed by atoms with Crippen LogP contribution in [0.3, 0.4) is 0 Å². The van der Waals surface area contributed by atoms with Crippen LogP contribution in [0.4, 0.5) is 11.4 Å². The van der Waals surface area contributed by atoms with Crippen molar-refractivity contribution in [3.05, 3.63) is 53.6 Å². The number of ether oxygens (including phenoxy) is 2. The molecule has 0 aromatic heterocycles. The minimum absolute atomic E-state index is 0.150. The van der Waals surface area contributed by atoms with Crippen molar-refractivity contribution in [2.75, 3.05) is 23.8 Å². The van der Waals surface area contributed by atoms with Crippen molar-refractivity contribution in [2.24, 2.45) is 17.8 Å². The van der Waals surface area contributed by atoms with Crippen molar-refractivity contribution in [3.63, 3.8) is 0 Å². The first-order chi connectivity index (χ1) is 19.6. The lowest BCUT2D eigenvalue weighted by molar-refractivity contribution is -0.149. The molecule has 1 spiro atoms. The number of benzene rings is 2. The SMILES string of the molecule is CCOc1ccc(NC(=O)[C@@H]2[C@H]3C(=O)N([C@@H](CO)C(C)C)C(C(=O)Nc4ccccc4Cl)C34CC[C@@]2(CC)O4)cc1. The van der Waals surface area contributed by atoms with Crippen LogP contribution >= 0.6 is 11.6 Å². The van der Waals surface area contributed by atoms with E-state index < -0.39 is 41.0 Å². The smallest absolute Gasteiger partial charge is 0.250 e. The summed E-state index contributed by atoms with van der Waals surface area (Å²) in [5.41, 5.74) is -1.12. The van der Waals surface area contributed by atoms with Gasteiger partial charge in [0.25, 0.3) is 0 Å². The zero-order chi connectivity index (χ0) is 29.5. The number of likely N-dealkylation sites (tertiary alicyclic amines) is 1. The molecule has 2 aromatic carbocycles. The lowest BCUT2D eigenvalue weighted by Gasteiger charge is -2.38. The van der Waals surface area contributed by atoms with Gasteiger partial charge in [-0.25, -0.2) is 0 Å². The number of nitrogens with zero attached hydrogens (tertiary/aromatic N) is 1. The third-order valence-electron chi connectivity index (χ3n) is 9.03. The summed E-state index contributed by atoms with van der Waals surface area (Å²) in [7, 11) is 0. The van der Waals surface area contributed by atoms with Gasteiger partial charge in [0.1, 0.15) is 17.4 Å². The van der Waals surface area contributed by atoms with Crippen molar-refractivity contribution in [1.29, 1.82) is 0 Å². The van der Waals surface area contributed by atoms with Crippen LogP contribution in [0.5, 0.6) is 5.75 Å². The number of rotatable bonds is 10. The Morgan fingerprint density at radius 2 is 1.80 bits per heavy atom. The van der Waals surface area contributed by atoms with Crippen molar-refractivity contribution in [3.8, 4) is 5.75 Å². The number of anilines is 2. The van der Waals surface area contributed by atoms with E-state index in [4.69, 9.17) is 21.1 Å². The molecule has 41 heavy (non-hydrogen) atoms. The number of halogens is 1. The molecule has 3 fully saturated rings. The highest BCUT2D eigenvalue weighted by atomic mass is 35.5. The summed E-state index contributed by atoms with van der Waals surface area (Å²) >= 11 is 6.35. The van der Waals surface area contributed by atoms with Crippen molar-refractivity contribution in [1.82, 2.24) is 4.90 Å². The molecular weight excluding hydrogens is 546 g/mol. The van der Waals surface area contributed by atoms with E-state index in [1.165, 1.54) is 4.90 Å². The first-order valence-electron chi connectivity index (χ1n) is 14.3. The molecule has 5 rings (SSSR count). The second kappa shape index (κ2) is 11.3. The molecule has 10 heteroatoms. The van der Waals surface area contributed by atoms with Crippen LogP contribution in [0, 0.1) is 17.8 Å². The maximum absolute atomic E-state index is 14.4. The molecule has 2 unspecified atom stereocenters. The summed E-state index contributed by atoms with van der Waals surface area (Å²) in [6.07, 6.45) is 1.48. The number of aliphatic hydroxyl groups excluding tert-OH is 1. The molecule has 3 amide bonds. The van der Waals surface area contributed by atoms with Gasteiger partial charge >= 0.3 is 0 Å². The van der Waals surface area contributed by atoms with Gasteiger partial charge in [-0.15, -0.1) is 0 Å². The maximum Gasteiger partial charge on any atom is 0.250 e. The largest absolute Gasteiger partial charge is 0.494 e. The number of nitrogens with one attached hydrogen (secondary N) is 2. The van der Waals surface area contributed by atoms with Crippen LogP contribution in [-0.4, -0.2) is 64.2 Å². The minimum atomic E-state index is -1.22. The topological polar surface area (TPSA) is 117 Å². The van der Waals surface area contributed by atoms with Crippen LogP contribution in [0.2, 0.25) is 5.02 Å². The van der Waals surface area contributed by atoms with Crippen LogP contribution in [0.25, 0.3) is 0 Å². The van der Waals surface area contributed by atoms with E-state index in [-0.39, 0.29) is 24.3 Å². The van der Waals surface area contributed by atoms with Crippen LogP contribution < -0.4 is 15.4 Å². The highest BCUT2D eigenvalue weighted by Gasteiger charge is 2.79. The Bertz CT molecular complexity index is 1320. The third-order valence-corrected chi connectivity index (χ3v) is 9.36. The zero-order valence-corrected chi connectivity index (χ0v) is 24.6. The highest BCUT2D eigenvalue weighted by molar-refractivity contribution is 6.33. The fourth-order valence-electron chi connectivity index (χ4n) is 7.12. The van der Waals surface area contributed by atoms with Crippen LogP contribution in [-0.2, 0) is 19.1 Å². The van der Waals surface area contributed by atoms with E-state index in [1.54, 1.807) is 48.5 Å². The molecule has 3 N–H and O–H groups in total. The number of fused-ring (bicyclic) bond motifs is 1. The van der Waals surface area contributed by atoms with Gasteiger partial charge < -0.3 is 30.1 Å². The van der Waals surface area contributed by atoms with Gasteiger partial charge in [-0.1, -0.05) is 44.5 Å². The first kappa shape index (κ1) is 29.4. The normalized spacial score (nSPS) is 29.0. The Kier molecular flexibility index (Phi) is 8.07. The van der Waals surface area contributed by atoms with Crippen LogP contribution in [0.15, 0.2) is 48.5 Å². The van der Waals surface area contributed by atoms with E-state index in [9.17, 15) is 19.5 Å². The monoisotopic (exact) mass is 583 g/mol. The second-order valence-corrected chi connectivity index (χ2v) is 11.9. The van der Waals surface area contributed by atoms with Gasteiger partial charge in [0.2, 0.25) is 17.7 Å². The number of hydrogen-bond acceptors (Lipinski definition) is 6. The Morgan fingerprint density at radius 1 is 1.10 bits per heavy atom. The molecule has 3 aliphatic heterocycles. The van der Waals surface area contributed by atoms with Gasteiger partial charge in [-0.3, -0.25) is 14.4 Å². The second-order valence-electron chi connectivity index (χ2n) is 11.5. The lowest BCUT2D eigenvalue weighted by Crippen LogP contribution is -2.57. The van der Waals surface area contributed by atoms with Crippen molar-refractivity contribution < 1.29 is 29.0 Å². The molecule has 0 aliphatic carbocycles. The average Bonchev–Trinajstić information content (AvgIpc) is 3.55. The fourth-order valence-corrected chi connectivity index (χ4v) is 7.30. The molecule has 6 atom stereocenters. The van der Waals surface area contributed by atoms with Crippen molar-refractivity contribution in [2.45, 2.75) is 70.2 Å². The van der Waals surface area contributed by atoms with E-state index in [1.807, 2.05) is 27.7 Å². The molecule has 3 heterocycles. The average molecular weight is 584 g/mol. The molecule has 2 bridgehead atoms. The Balaban J connectivity index is 1.53. The number of amides is 3. The first-order valence-corrected chi connectivity index (χ1v) is 14.7. The maximum atomic E-state index is 14.4. The van der Waals surface area contributed by atoms with Gasteiger partial charge in [-0.2, -0.15) is 0 Å². The van der Waals surface area contributed by atoms with Gasteiger partial charge in [0.05, 0.1) is 47.4 Å². The fraction of sp³-hybridized carbons (Fsp3) is 0.516. The molecule has 0 saturated carbocycles. The summed E-state index contributed by atoms with van der Waals surface area (Å²) in [5, 5.41) is 16.6. The molecule has 3 saturated heterocycles. The Labute approximate surface area is 245 Å². The van der Waals surface area contributed by atoms with Gasteiger partial charge in [0.15, 0.2) is 0 Å². The number of carbonyl (C=O) groups excluding carboxylic acids is 3. The number of carbonyl (C=O) groups is 3. The molecule has 9 nitrogen and oxygen atoms in total. The molecular formula is C31H38ClN3O6. The lowest BCUT2D eigenvalue weighted by atomic mass is 9.65. The summed E-state index contributed by atoms with van der Waals surface area (Å²) in [4.78, 5) is 44.0. The highest BCUT2D eigenvalue weighted by Crippen LogP contribution is 2.64. The summed E-state index contributed by atoms with van der Waals surface area (Å²) in [6, 6.07) is 12.3. The quantitative estimate of drug-likeness (QED) is 0.379. The van der Waals surface area contributed by atoms with Crippen LogP contribution in [0.1, 0.15) is 47.0 Å². The summed E-state index contributed by atoms with van der Waals surface area (Å²) in [6.45, 7) is 7.83. The zero-order valence-electron chi connectivity index (χ0n) is 23.9. The number of para-hydroxylation sites is 1. The molecule has 0 radical (unpaired) electrons. The standard InChI is InChI=1S/C31H38ClN3O6/c1-5-30-15-16-31(41-30)25(24(30)27(37)33-19-11-13-20(14-12-19)40-6-2)29(39)35(23(17-36)18(3)4)26(31)28(38)34-22-10-8-7-9-21(22)32/h7-14,18,23-26,36H,5-6,15-17H2,1-4H3,(H,33,37)(H,34,38)/t23-,24-,25-,26?,30+,31?/m0/s1. The van der Waals surface area contributed by atoms with E-state index in [2.05, 4.69) is 10.6 Å². The molecule has 220 valence electrons. The summed E-state index contributed by atoms with van der Waals surface area (Å²) < 4.78 is 12.3. The predicted octanol–water partition coefficient (Wildman–Crippen LogP) is 4.49. The minimum Gasteiger partial charge on any atom is -0.494 e. The van der Waals surface area contributed by atoms with Gasteiger partial charge in [0, 0.05) is 5.69 Å². The van der Waals surface area contributed by atoms with E-state index in [0.717, 1.165) is 0 Å². The van der Waals surface area contributed by atoms with Crippen molar-refractivity contribution >= 4 is 40.7 Å². The number of aliphatic hydroxyl groups is 1. The third kappa shape index (κ3) is 4.77. The Hall–Kier alpha value is -3.14. The predicted molar refractivity (Wildman–Crippen MR) is 156 cm³/mol.